The van der Waals surface area contributed by atoms with Crippen LogP contribution in [0.3, 0.4) is 0 Å². The second-order valence-electron chi connectivity index (χ2n) is 4.55. The molecule has 0 amide bonds. The predicted octanol–water partition coefficient (Wildman–Crippen LogP) is 3.32. The normalized spacial score (nSPS) is 11.2. The Bertz CT molecular complexity index is 588. The molecular weight excluding hydrogens is 276 g/mol. The minimum absolute atomic E-state index is 0.0810. The van der Waals surface area contributed by atoms with Crippen molar-refractivity contribution in [1.82, 2.24) is 0 Å². The maximum Gasteiger partial charge on any atom is 0.306 e. The lowest BCUT2D eigenvalue weighted by molar-refractivity contribution is -0.0472. The highest BCUT2D eigenvalue weighted by molar-refractivity contribution is 5.43. The van der Waals surface area contributed by atoms with Gasteiger partial charge in [-0.15, -0.1) is 0 Å². The fourth-order valence-electron chi connectivity index (χ4n) is 1.89. The number of halogens is 2. The molecule has 2 aromatic rings. The van der Waals surface area contributed by atoms with Crippen molar-refractivity contribution in [3.05, 3.63) is 59.7 Å². The van der Waals surface area contributed by atoms with Crippen LogP contribution in [0.1, 0.15) is 11.1 Å². The van der Waals surface area contributed by atoms with Gasteiger partial charge in [0.15, 0.2) is 18.1 Å². The number of methoxy groups -OCH3 is 1. The van der Waals surface area contributed by atoms with Crippen LogP contribution in [-0.2, 0) is 12.5 Å². The second kappa shape index (κ2) is 6.54. The maximum absolute atomic E-state index is 14.0. The van der Waals surface area contributed by atoms with E-state index in [0.717, 1.165) is 5.56 Å². The average molecular weight is 293 g/mol. The third-order valence-corrected chi connectivity index (χ3v) is 3.07. The van der Waals surface area contributed by atoms with E-state index in [4.69, 9.17) is 15.2 Å². The topological polar surface area (TPSA) is 44.5 Å². The van der Waals surface area contributed by atoms with Crippen LogP contribution in [0.5, 0.6) is 11.5 Å². The Labute approximate surface area is 122 Å². The molecule has 2 aromatic carbocycles. The zero-order valence-electron chi connectivity index (χ0n) is 11.7. The number of benzene rings is 2. The van der Waals surface area contributed by atoms with Crippen molar-refractivity contribution in [2.75, 3.05) is 13.7 Å². The Morgan fingerprint density at radius 2 is 1.76 bits per heavy atom. The summed E-state index contributed by atoms with van der Waals surface area (Å²) in [7, 11) is 1.46. The second-order valence-corrected chi connectivity index (χ2v) is 4.55. The molecule has 0 atom stereocenters. The Morgan fingerprint density at radius 3 is 2.38 bits per heavy atom. The number of nitrogens with two attached hydrogens (primary N) is 1. The van der Waals surface area contributed by atoms with Crippen LogP contribution in [-0.4, -0.2) is 13.7 Å². The zero-order chi connectivity index (χ0) is 15.3. The molecular formula is C16H17F2NO2. The summed E-state index contributed by atoms with van der Waals surface area (Å²) in [6, 6.07) is 12.6. The molecule has 0 fully saturated rings. The first kappa shape index (κ1) is 15.3. The molecule has 0 saturated carbocycles. The minimum Gasteiger partial charge on any atom is -0.493 e. The maximum atomic E-state index is 14.0. The molecule has 0 aliphatic rings. The van der Waals surface area contributed by atoms with Gasteiger partial charge in [0.05, 0.1) is 7.11 Å². The van der Waals surface area contributed by atoms with Crippen molar-refractivity contribution in [3.63, 3.8) is 0 Å². The number of hydrogen-bond acceptors (Lipinski definition) is 3. The summed E-state index contributed by atoms with van der Waals surface area (Å²) in [6.07, 6.45) is 0. The van der Waals surface area contributed by atoms with Crippen molar-refractivity contribution < 1.29 is 18.3 Å². The molecule has 0 radical (unpaired) electrons. The van der Waals surface area contributed by atoms with E-state index in [-0.39, 0.29) is 11.3 Å². The molecule has 0 spiro atoms. The smallest absolute Gasteiger partial charge is 0.306 e. The fourth-order valence-corrected chi connectivity index (χ4v) is 1.89. The summed E-state index contributed by atoms with van der Waals surface area (Å²) < 4.78 is 38.4. The molecule has 5 heteroatoms. The Balaban J connectivity index is 2.12. The number of ether oxygens (including phenoxy) is 2. The number of hydrogen-bond donors (Lipinski definition) is 1. The van der Waals surface area contributed by atoms with Crippen LogP contribution in [0, 0.1) is 0 Å². The standard InChI is InChI=1S/C16H17F2NO2/c1-20-15-9-12(10-19)7-8-14(15)21-11-16(17,18)13-5-3-2-4-6-13/h2-9H,10-11,19H2,1H3. The van der Waals surface area contributed by atoms with Gasteiger partial charge in [-0.2, -0.15) is 8.78 Å². The zero-order valence-corrected chi connectivity index (χ0v) is 11.7. The Hall–Kier alpha value is -2.14. The molecule has 2 N–H and O–H groups in total. The third-order valence-electron chi connectivity index (χ3n) is 3.07. The minimum atomic E-state index is -3.07. The van der Waals surface area contributed by atoms with E-state index in [2.05, 4.69) is 0 Å². The van der Waals surface area contributed by atoms with Crippen molar-refractivity contribution in [1.29, 1.82) is 0 Å². The van der Waals surface area contributed by atoms with E-state index < -0.39 is 12.5 Å². The van der Waals surface area contributed by atoms with Gasteiger partial charge in [-0.05, 0) is 17.7 Å². The summed E-state index contributed by atoms with van der Waals surface area (Å²) >= 11 is 0. The molecule has 3 nitrogen and oxygen atoms in total. The summed E-state index contributed by atoms with van der Waals surface area (Å²) in [4.78, 5) is 0. The summed E-state index contributed by atoms with van der Waals surface area (Å²) in [5.74, 6) is -2.41. The van der Waals surface area contributed by atoms with Crippen LogP contribution >= 0.6 is 0 Å². The molecule has 0 aromatic heterocycles. The summed E-state index contributed by atoms with van der Waals surface area (Å²) in [6.45, 7) is -0.411. The first-order valence-electron chi connectivity index (χ1n) is 6.50. The third kappa shape index (κ3) is 3.70. The molecule has 0 unspecified atom stereocenters. The van der Waals surface area contributed by atoms with E-state index in [1.165, 1.54) is 19.2 Å². The van der Waals surface area contributed by atoms with Crippen LogP contribution < -0.4 is 15.2 Å². The van der Waals surface area contributed by atoms with Crippen molar-refractivity contribution >= 4 is 0 Å². The van der Waals surface area contributed by atoms with Crippen LogP contribution in [0.15, 0.2) is 48.5 Å². The van der Waals surface area contributed by atoms with E-state index in [1.54, 1.807) is 36.4 Å². The SMILES string of the molecule is COc1cc(CN)ccc1OCC(F)(F)c1ccccc1. The summed E-state index contributed by atoms with van der Waals surface area (Å²) in [5.41, 5.74) is 6.29. The Morgan fingerprint density at radius 1 is 1.05 bits per heavy atom. The van der Waals surface area contributed by atoms with Gasteiger partial charge in [0.2, 0.25) is 0 Å². The van der Waals surface area contributed by atoms with Gasteiger partial charge >= 0.3 is 5.92 Å². The van der Waals surface area contributed by atoms with Crippen LogP contribution in [0.4, 0.5) is 8.78 Å². The number of alkyl halides is 2. The van der Waals surface area contributed by atoms with Gasteiger partial charge in [0.1, 0.15) is 0 Å². The summed E-state index contributed by atoms with van der Waals surface area (Å²) in [5, 5.41) is 0. The predicted molar refractivity (Wildman–Crippen MR) is 76.7 cm³/mol. The first-order chi connectivity index (χ1) is 10.1. The van der Waals surface area contributed by atoms with Gasteiger partial charge < -0.3 is 15.2 Å². The monoisotopic (exact) mass is 293 g/mol. The first-order valence-corrected chi connectivity index (χ1v) is 6.50. The lowest BCUT2D eigenvalue weighted by atomic mass is 10.1. The largest absolute Gasteiger partial charge is 0.493 e. The lowest BCUT2D eigenvalue weighted by Crippen LogP contribution is -2.23. The number of rotatable bonds is 6. The van der Waals surface area contributed by atoms with Gasteiger partial charge in [0, 0.05) is 12.1 Å². The average Bonchev–Trinajstić information content (AvgIpc) is 2.53. The highest BCUT2D eigenvalue weighted by Gasteiger charge is 2.32. The van der Waals surface area contributed by atoms with Crippen molar-refractivity contribution in [3.8, 4) is 11.5 Å². The molecule has 0 aliphatic carbocycles. The quantitative estimate of drug-likeness (QED) is 0.888. The molecule has 0 bridgehead atoms. The van der Waals surface area contributed by atoms with Gasteiger partial charge in [-0.1, -0.05) is 36.4 Å². The van der Waals surface area contributed by atoms with E-state index in [9.17, 15) is 8.78 Å². The Kier molecular flexibility index (Phi) is 4.75. The molecule has 0 aliphatic heterocycles. The van der Waals surface area contributed by atoms with Gasteiger partial charge in [-0.25, -0.2) is 0 Å². The highest BCUT2D eigenvalue weighted by atomic mass is 19.3. The molecule has 2 rings (SSSR count). The fraction of sp³-hybridized carbons (Fsp3) is 0.250. The van der Waals surface area contributed by atoms with Crippen molar-refractivity contribution in [2.45, 2.75) is 12.5 Å². The van der Waals surface area contributed by atoms with E-state index in [0.29, 0.717) is 12.3 Å². The van der Waals surface area contributed by atoms with E-state index >= 15 is 0 Å². The molecule has 0 heterocycles. The molecule has 0 saturated heterocycles. The molecule has 112 valence electrons. The van der Waals surface area contributed by atoms with E-state index in [1.807, 2.05) is 0 Å². The van der Waals surface area contributed by atoms with Gasteiger partial charge in [0.25, 0.3) is 0 Å². The van der Waals surface area contributed by atoms with Crippen LogP contribution in [0.25, 0.3) is 0 Å². The lowest BCUT2D eigenvalue weighted by Gasteiger charge is -2.18. The highest BCUT2D eigenvalue weighted by Crippen LogP contribution is 2.32. The van der Waals surface area contributed by atoms with Crippen molar-refractivity contribution in [2.24, 2.45) is 5.73 Å². The molecule has 21 heavy (non-hydrogen) atoms. The van der Waals surface area contributed by atoms with Gasteiger partial charge in [-0.3, -0.25) is 0 Å². The van der Waals surface area contributed by atoms with Crippen LogP contribution in [0.2, 0.25) is 0 Å².